The summed E-state index contributed by atoms with van der Waals surface area (Å²) < 4.78 is 10.1. The van der Waals surface area contributed by atoms with E-state index >= 15 is 0 Å². The van der Waals surface area contributed by atoms with Crippen LogP contribution in [0.5, 0.6) is 5.75 Å². The van der Waals surface area contributed by atoms with Gasteiger partial charge in [-0.25, -0.2) is 0 Å². The molecule has 2 aromatic heterocycles. The smallest absolute Gasteiger partial charge is 0.213 e. The average Bonchev–Trinajstić information content (AvgIpc) is 2.88. The summed E-state index contributed by atoms with van der Waals surface area (Å²) in [6, 6.07) is 4.26. The molecule has 6 heteroatoms. The van der Waals surface area contributed by atoms with E-state index in [1.807, 2.05) is 12.1 Å². The molecule has 0 aliphatic heterocycles. The molecule has 0 aromatic carbocycles. The van der Waals surface area contributed by atoms with Crippen LogP contribution in [0.3, 0.4) is 0 Å². The molecule has 0 atom stereocenters. The monoisotopic (exact) mass is 248 g/mol. The van der Waals surface area contributed by atoms with Crippen molar-refractivity contribution in [3.63, 3.8) is 0 Å². The first-order chi connectivity index (χ1) is 8.74. The minimum atomic E-state index is 0.280. The molecule has 2 aromatic rings. The highest BCUT2D eigenvalue weighted by Gasteiger charge is 2.01. The fourth-order valence-corrected chi connectivity index (χ4v) is 1.31. The molecule has 0 spiro atoms. The first-order valence-corrected chi connectivity index (χ1v) is 5.80. The molecule has 0 aliphatic rings. The molecule has 0 radical (unpaired) electrons. The summed E-state index contributed by atoms with van der Waals surface area (Å²) in [5.74, 6) is 1.20. The maximum Gasteiger partial charge on any atom is 0.213 e. The minimum Gasteiger partial charge on any atom is -0.484 e. The van der Waals surface area contributed by atoms with Gasteiger partial charge in [0.15, 0.2) is 6.61 Å². The third-order valence-corrected chi connectivity index (χ3v) is 2.26. The number of nitrogens with one attached hydrogen (secondary N) is 1. The molecule has 0 saturated heterocycles. The van der Waals surface area contributed by atoms with Gasteiger partial charge in [-0.1, -0.05) is 19.0 Å². The standard InChI is InChI=1S/C12H16N4O2/c1-9(2)13-5-10-3-4-11(6-14-10)17-7-12-15-8-18-16-12/h3-4,6,8-9,13H,5,7H2,1-2H3. The lowest BCUT2D eigenvalue weighted by Gasteiger charge is -2.08. The summed E-state index contributed by atoms with van der Waals surface area (Å²) in [5, 5.41) is 6.96. The Kier molecular flexibility index (Phi) is 4.25. The number of rotatable bonds is 6. The Labute approximate surface area is 105 Å². The maximum absolute atomic E-state index is 5.46. The van der Waals surface area contributed by atoms with Gasteiger partial charge in [0, 0.05) is 12.6 Å². The molecule has 18 heavy (non-hydrogen) atoms. The van der Waals surface area contributed by atoms with Crippen LogP contribution in [0.4, 0.5) is 0 Å². The minimum absolute atomic E-state index is 0.280. The van der Waals surface area contributed by atoms with E-state index in [0.29, 0.717) is 17.6 Å². The number of aromatic nitrogens is 3. The van der Waals surface area contributed by atoms with Gasteiger partial charge in [-0.3, -0.25) is 4.98 Å². The number of nitrogens with zero attached hydrogens (tertiary/aromatic N) is 3. The largest absolute Gasteiger partial charge is 0.484 e. The summed E-state index contributed by atoms with van der Waals surface area (Å²) in [7, 11) is 0. The summed E-state index contributed by atoms with van der Waals surface area (Å²) in [4.78, 5) is 8.16. The number of hydrogen-bond donors (Lipinski definition) is 1. The molecule has 0 aliphatic carbocycles. The first-order valence-electron chi connectivity index (χ1n) is 5.80. The van der Waals surface area contributed by atoms with E-state index in [0.717, 1.165) is 12.2 Å². The summed E-state index contributed by atoms with van der Waals surface area (Å²) in [6.07, 6.45) is 2.97. The van der Waals surface area contributed by atoms with Gasteiger partial charge in [0.2, 0.25) is 12.2 Å². The molecule has 96 valence electrons. The Bertz CT molecular complexity index is 453. The highest BCUT2D eigenvalue weighted by atomic mass is 16.5. The highest BCUT2D eigenvalue weighted by molar-refractivity contribution is 5.19. The van der Waals surface area contributed by atoms with Crippen molar-refractivity contribution in [1.29, 1.82) is 0 Å². The van der Waals surface area contributed by atoms with Gasteiger partial charge in [-0.05, 0) is 12.1 Å². The molecule has 6 nitrogen and oxygen atoms in total. The molecule has 2 rings (SSSR count). The van der Waals surface area contributed by atoms with Crippen LogP contribution in [0.1, 0.15) is 25.4 Å². The van der Waals surface area contributed by atoms with E-state index in [9.17, 15) is 0 Å². The first kappa shape index (κ1) is 12.5. The summed E-state index contributed by atoms with van der Waals surface area (Å²) in [6.45, 7) is 5.23. The van der Waals surface area contributed by atoms with Crippen molar-refractivity contribution in [2.75, 3.05) is 0 Å². The van der Waals surface area contributed by atoms with Crippen LogP contribution in [0.25, 0.3) is 0 Å². The molecule has 1 N–H and O–H groups in total. The van der Waals surface area contributed by atoms with Gasteiger partial charge in [0.1, 0.15) is 5.75 Å². The number of pyridine rings is 1. The topological polar surface area (TPSA) is 73.1 Å². The van der Waals surface area contributed by atoms with Crippen LogP contribution in [-0.2, 0) is 13.2 Å². The normalized spacial score (nSPS) is 10.8. The fraction of sp³-hybridized carbons (Fsp3) is 0.417. The lowest BCUT2D eigenvalue weighted by Crippen LogP contribution is -2.22. The Morgan fingerprint density at radius 2 is 2.22 bits per heavy atom. The van der Waals surface area contributed by atoms with Crippen LogP contribution in [0.2, 0.25) is 0 Å². The third-order valence-electron chi connectivity index (χ3n) is 2.26. The molecule has 0 fully saturated rings. The van der Waals surface area contributed by atoms with Gasteiger partial charge < -0.3 is 14.6 Å². The van der Waals surface area contributed by atoms with Crippen molar-refractivity contribution in [3.8, 4) is 5.75 Å². The molecule has 0 unspecified atom stereocenters. The van der Waals surface area contributed by atoms with Gasteiger partial charge in [0.25, 0.3) is 0 Å². The van der Waals surface area contributed by atoms with Gasteiger partial charge in [-0.15, -0.1) is 0 Å². The molecular weight excluding hydrogens is 232 g/mol. The van der Waals surface area contributed by atoms with Crippen molar-refractivity contribution in [1.82, 2.24) is 20.4 Å². The van der Waals surface area contributed by atoms with E-state index in [1.54, 1.807) is 6.20 Å². The molecule has 2 heterocycles. The van der Waals surface area contributed by atoms with E-state index in [1.165, 1.54) is 6.39 Å². The van der Waals surface area contributed by atoms with Crippen molar-refractivity contribution in [2.45, 2.75) is 33.0 Å². The Balaban J connectivity index is 1.83. The second-order valence-electron chi connectivity index (χ2n) is 4.16. The van der Waals surface area contributed by atoms with Gasteiger partial charge in [-0.2, -0.15) is 4.98 Å². The number of hydrogen-bond acceptors (Lipinski definition) is 6. The Hall–Kier alpha value is -1.95. The lowest BCUT2D eigenvalue weighted by atomic mass is 10.3. The molecule has 0 saturated carbocycles. The van der Waals surface area contributed by atoms with E-state index in [-0.39, 0.29) is 6.61 Å². The van der Waals surface area contributed by atoms with Crippen molar-refractivity contribution in [3.05, 3.63) is 36.2 Å². The van der Waals surface area contributed by atoms with Crippen molar-refractivity contribution >= 4 is 0 Å². The van der Waals surface area contributed by atoms with E-state index in [2.05, 4.69) is 38.8 Å². The molecular formula is C12H16N4O2. The van der Waals surface area contributed by atoms with Crippen LogP contribution in [0.15, 0.2) is 29.2 Å². The van der Waals surface area contributed by atoms with E-state index in [4.69, 9.17) is 4.74 Å². The lowest BCUT2D eigenvalue weighted by molar-refractivity contribution is 0.285. The zero-order valence-corrected chi connectivity index (χ0v) is 10.5. The van der Waals surface area contributed by atoms with Crippen LogP contribution in [0, 0.1) is 0 Å². The van der Waals surface area contributed by atoms with Crippen LogP contribution >= 0.6 is 0 Å². The molecule has 0 bridgehead atoms. The fourth-order valence-electron chi connectivity index (χ4n) is 1.31. The Morgan fingerprint density at radius 1 is 1.33 bits per heavy atom. The third kappa shape index (κ3) is 3.81. The summed E-state index contributed by atoms with van der Waals surface area (Å²) >= 11 is 0. The predicted molar refractivity (Wildman–Crippen MR) is 64.8 cm³/mol. The quantitative estimate of drug-likeness (QED) is 0.836. The van der Waals surface area contributed by atoms with Gasteiger partial charge in [0.05, 0.1) is 11.9 Å². The second-order valence-corrected chi connectivity index (χ2v) is 4.16. The Morgan fingerprint density at radius 3 is 2.83 bits per heavy atom. The SMILES string of the molecule is CC(C)NCc1ccc(OCc2ncon2)cn1. The second kappa shape index (κ2) is 6.11. The zero-order valence-electron chi connectivity index (χ0n) is 10.5. The molecule has 0 amide bonds. The highest BCUT2D eigenvalue weighted by Crippen LogP contribution is 2.10. The van der Waals surface area contributed by atoms with E-state index < -0.39 is 0 Å². The van der Waals surface area contributed by atoms with Gasteiger partial charge >= 0.3 is 0 Å². The number of ether oxygens (including phenoxy) is 1. The zero-order chi connectivity index (χ0) is 12.8. The average molecular weight is 248 g/mol. The van der Waals surface area contributed by atoms with Crippen molar-refractivity contribution < 1.29 is 9.26 Å². The maximum atomic E-state index is 5.46. The predicted octanol–water partition coefficient (Wildman–Crippen LogP) is 1.54. The van der Waals surface area contributed by atoms with Crippen molar-refractivity contribution in [2.24, 2.45) is 0 Å². The summed E-state index contributed by atoms with van der Waals surface area (Å²) in [5.41, 5.74) is 0.982. The van der Waals surface area contributed by atoms with Crippen LogP contribution < -0.4 is 10.1 Å². The van der Waals surface area contributed by atoms with Crippen LogP contribution in [-0.4, -0.2) is 21.2 Å².